The topological polar surface area (TPSA) is 60.5 Å². The van der Waals surface area contributed by atoms with Crippen molar-refractivity contribution in [3.05, 3.63) is 87.0 Å². The highest BCUT2D eigenvalue weighted by atomic mass is 35.5. The van der Waals surface area contributed by atoms with E-state index in [1.807, 2.05) is 0 Å². The highest BCUT2D eigenvalue weighted by Crippen LogP contribution is 2.37. The molecule has 0 aliphatic heterocycles. The monoisotopic (exact) mass is 600 g/mol. The van der Waals surface area contributed by atoms with Gasteiger partial charge in [0.05, 0.1) is 16.6 Å². The standard InChI is InChI=1S/C28H23Cl2F5N2O3/c1-16(37-25(38)40-26(2,3)4)27(31,32)21-12-9-18(13-22(21)29)6-5-17-7-10-20(11-8-17)39-24-23(30)14-19(15-36-24)28(33,34)35/h7-16H,1-4H3,(H,37,38). The molecule has 0 saturated heterocycles. The van der Waals surface area contributed by atoms with Crippen molar-refractivity contribution < 1.29 is 36.2 Å². The summed E-state index contributed by atoms with van der Waals surface area (Å²) in [4.78, 5) is 15.5. The lowest BCUT2D eigenvalue weighted by Crippen LogP contribution is -2.46. The van der Waals surface area contributed by atoms with Crippen LogP contribution in [0, 0.1) is 11.8 Å². The summed E-state index contributed by atoms with van der Waals surface area (Å²) < 4.78 is 78.8. The van der Waals surface area contributed by atoms with Crippen LogP contribution in [-0.2, 0) is 16.8 Å². The lowest BCUT2D eigenvalue weighted by atomic mass is 10.0. The van der Waals surface area contributed by atoms with Crippen LogP contribution < -0.4 is 10.1 Å². The van der Waals surface area contributed by atoms with Gasteiger partial charge in [0.15, 0.2) is 0 Å². The van der Waals surface area contributed by atoms with Crippen molar-refractivity contribution in [2.75, 3.05) is 0 Å². The van der Waals surface area contributed by atoms with Crippen LogP contribution in [-0.4, -0.2) is 22.7 Å². The fourth-order valence-corrected chi connectivity index (χ4v) is 3.70. The number of nitrogens with one attached hydrogen (secondary N) is 1. The first kappa shape index (κ1) is 31.0. The van der Waals surface area contributed by atoms with Crippen LogP contribution in [0.5, 0.6) is 11.6 Å². The third kappa shape index (κ3) is 8.23. The molecule has 40 heavy (non-hydrogen) atoms. The number of alkyl carbamates (subject to hydrolysis) is 1. The molecule has 0 aliphatic carbocycles. The van der Waals surface area contributed by atoms with E-state index in [0.29, 0.717) is 23.4 Å². The molecular formula is C28H23Cl2F5N2O3. The van der Waals surface area contributed by atoms with Gasteiger partial charge in [-0.25, -0.2) is 9.78 Å². The van der Waals surface area contributed by atoms with Gasteiger partial charge in [0, 0.05) is 22.9 Å². The smallest absolute Gasteiger partial charge is 0.417 e. The van der Waals surface area contributed by atoms with E-state index < -0.39 is 41.0 Å². The van der Waals surface area contributed by atoms with Gasteiger partial charge in [0.25, 0.3) is 5.92 Å². The fourth-order valence-electron chi connectivity index (χ4n) is 3.19. The molecule has 1 atom stereocenters. The third-order valence-electron chi connectivity index (χ3n) is 5.16. The Balaban J connectivity index is 1.69. The average Bonchev–Trinajstić information content (AvgIpc) is 2.82. The summed E-state index contributed by atoms with van der Waals surface area (Å²) in [5.74, 6) is 2.22. The molecule has 3 rings (SSSR count). The van der Waals surface area contributed by atoms with Crippen LogP contribution in [0.3, 0.4) is 0 Å². The molecule has 0 bridgehead atoms. The maximum atomic E-state index is 15.0. The van der Waals surface area contributed by atoms with Gasteiger partial charge in [0.2, 0.25) is 5.88 Å². The van der Waals surface area contributed by atoms with Crippen molar-refractivity contribution in [3.63, 3.8) is 0 Å². The van der Waals surface area contributed by atoms with Gasteiger partial charge in [-0.05, 0) is 70.2 Å². The van der Waals surface area contributed by atoms with E-state index in [9.17, 15) is 18.0 Å². The van der Waals surface area contributed by atoms with Gasteiger partial charge in [-0.15, -0.1) is 0 Å². The molecule has 0 saturated carbocycles. The predicted octanol–water partition coefficient (Wildman–Crippen LogP) is 8.60. The molecule has 1 amide bonds. The van der Waals surface area contributed by atoms with Crippen molar-refractivity contribution in [2.45, 2.75) is 51.4 Å². The van der Waals surface area contributed by atoms with Crippen molar-refractivity contribution in [1.82, 2.24) is 10.3 Å². The van der Waals surface area contributed by atoms with E-state index >= 15 is 8.78 Å². The molecule has 12 heteroatoms. The number of hydrogen-bond donors (Lipinski definition) is 1. The van der Waals surface area contributed by atoms with Crippen LogP contribution in [0.25, 0.3) is 0 Å². The summed E-state index contributed by atoms with van der Waals surface area (Å²) in [6.07, 6.45) is -4.95. The normalized spacial score (nSPS) is 12.7. The number of aromatic nitrogens is 1. The molecule has 1 heterocycles. The largest absolute Gasteiger partial charge is 0.444 e. The lowest BCUT2D eigenvalue weighted by molar-refractivity contribution is -0.137. The van der Waals surface area contributed by atoms with Gasteiger partial charge < -0.3 is 14.8 Å². The molecule has 5 nitrogen and oxygen atoms in total. The number of pyridine rings is 1. The number of alkyl halides is 5. The zero-order chi connectivity index (χ0) is 29.9. The predicted molar refractivity (Wildman–Crippen MR) is 141 cm³/mol. The third-order valence-corrected chi connectivity index (χ3v) is 5.74. The maximum absolute atomic E-state index is 15.0. The first-order valence-electron chi connectivity index (χ1n) is 11.7. The lowest BCUT2D eigenvalue weighted by Gasteiger charge is -2.27. The van der Waals surface area contributed by atoms with E-state index in [4.69, 9.17) is 32.7 Å². The molecule has 1 unspecified atom stereocenters. The number of carbonyl (C=O) groups excluding carboxylic acids is 1. The second-order valence-corrected chi connectivity index (χ2v) is 10.4. The number of carbonyl (C=O) groups is 1. The summed E-state index contributed by atoms with van der Waals surface area (Å²) in [6, 6.07) is 9.08. The summed E-state index contributed by atoms with van der Waals surface area (Å²) >= 11 is 12.0. The molecule has 0 fully saturated rings. The summed E-state index contributed by atoms with van der Waals surface area (Å²) in [7, 11) is 0. The number of halogens is 7. The Morgan fingerprint density at radius 2 is 1.52 bits per heavy atom. The maximum Gasteiger partial charge on any atom is 0.417 e. The van der Waals surface area contributed by atoms with Gasteiger partial charge in [0.1, 0.15) is 16.4 Å². The Kier molecular flexibility index (Phi) is 9.22. The first-order valence-corrected chi connectivity index (χ1v) is 12.4. The van der Waals surface area contributed by atoms with E-state index in [1.54, 1.807) is 32.9 Å². The van der Waals surface area contributed by atoms with Crippen LogP contribution >= 0.6 is 23.2 Å². The van der Waals surface area contributed by atoms with Gasteiger partial charge in [-0.2, -0.15) is 22.0 Å². The SMILES string of the molecule is CC(NC(=O)OC(C)(C)C)C(F)(F)c1ccc(C#Cc2ccc(Oc3ncc(C(F)(F)F)cc3Cl)cc2)cc1Cl. The quantitative estimate of drug-likeness (QED) is 0.235. The number of benzene rings is 2. The van der Waals surface area contributed by atoms with E-state index in [1.165, 1.54) is 24.3 Å². The van der Waals surface area contributed by atoms with Crippen molar-refractivity contribution in [3.8, 4) is 23.5 Å². The highest BCUT2D eigenvalue weighted by molar-refractivity contribution is 6.32. The number of nitrogens with zero attached hydrogens (tertiary/aromatic N) is 1. The minimum atomic E-state index is -4.59. The Morgan fingerprint density at radius 3 is 2.08 bits per heavy atom. The second kappa shape index (κ2) is 11.9. The second-order valence-electron chi connectivity index (χ2n) is 9.57. The molecule has 1 aromatic heterocycles. The first-order chi connectivity index (χ1) is 18.5. The van der Waals surface area contributed by atoms with E-state index in [0.717, 1.165) is 13.0 Å². The fraction of sp³-hybridized carbons (Fsp3) is 0.286. The molecule has 212 valence electrons. The van der Waals surface area contributed by atoms with Crippen molar-refractivity contribution in [2.24, 2.45) is 0 Å². The Bertz CT molecular complexity index is 1440. The van der Waals surface area contributed by atoms with Gasteiger partial charge in [-0.1, -0.05) is 41.1 Å². The molecule has 3 aromatic rings. The minimum absolute atomic E-state index is 0.198. The molecule has 0 aliphatic rings. The van der Waals surface area contributed by atoms with E-state index in [-0.39, 0.29) is 21.7 Å². The van der Waals surface area contributed by atoms with Crippen molar-refractivity contribution >= 4 is 29.3 Å². The van der Waals surface area contributed by atoms with Crippen molar-refractivity contribution in [1.29, 1.82) is 0 Å². The molecule has 0 radical (unpaired) electrons. The number of rotatable bonds is 5. The minimum Gasteiger partial charge on any atom is -0.444 e. The average molecular weight is 601 g/mol. The Morgan fingerprint density at radius 1 is 0.925 bits per heavy atom. The summed E-state index contributed by atoms with van der Waals surface area (Å²) in [5, 5.41) is 1.59. The molecule has 1 N–H and O–H groups in total. The van der Waals surface area contributed by atoms with Crippen LogP contribution in [0.2, 0.25) is 10.0 Å². The number of amides is 1. The van der Waals surface area contributed by atoms with Gasteiger partial charge >= 0.3 is 12.3 Å². The summed E-state index contributed by atoms with van der Waals surface area (Å²) in [6.45, 7) is 5.99. The Hall–Kier alpha value is -3.55. The van der Waals surface area contributed by atoms with E-state index in [2.05, 4.69) is 22.1 Å². The zero-order valence-corrected chi connectivity index (χ0v) is 23.1. The van der Waals surface area contributed by atoms with Crippen LogP contribution in [0.1, 0.15) is 49.9 Å². The molecule has 2 aromatic carbocycles. The van der Waals surface area contributed by atoms with Crippen LogP contribution in [0.4, 0.5) is 26.7 Å². The number of ether oxygens (including phenoxy) is 2. The number of hydrogen-bond acceptors (Lipinski definition) is 4. The zero-order valence-electron chi connectivity index (χ0n) is 21.6. The molecule has 0 spiro atoms. The van der Waals surface area contributed by atoms with Crippen LogP contribution in [0.15, 0.2) is 54.7 Å². The summed E-state index contributed by atoms with van der Waals surface area (Å²) in [5.41, 5.74) is -1.45. The molecular weight excluding hydrogens is 578 g/mol. The highest BCUT2D eigenvalue weighted by Gasteiger charge is 2.41. The van der Waals surface area contributed by atoms with Gasteiger partial charge in [-0.3, -0.25) is 0 Å². The Labute approximate surface area is 237 Å².